The molecular weight excluding hydrogens is 358 g/mol. The van der Waals surface area contributed by atoms with Crippen LogP contribution in [0.15, 0.2) is 77.7 Å². The molecule has 2 unspecified atom stereocenters. The van der Waals surface area contributed by atoms with E-state index in [1.54, 1.807) is 16.7 Å². The topological polar surface area (TPSA) is 46.6 Å². The highest BCUT2D eigenvalue weighted by molar-refractivity contribution is 8.00. The normalized spacial score (nSPS) is 17.7. The predicted octanol–water partition coefficient (Wildman–Crippen LogP) is 4.69. The second-order valence-electron chi connectivity index (χ2n) is 6.43. The van der Waals surface area contributed by atoms with Gasteiger partial charge in [0.2, 0.25) is 0 Å². The van der Waals surface area contributed by atoms with Gasteiger partial charge in [0.25, 0.3) is 0 Å². The number of carbonyl (C=O) groups is 2. The summed E-state index contributed by atoms with van der Waals surface area (Å²) in [5, 5.41) is 1.98. The Morgan fingerprint density at radius 3 is 2.59 bits per heavy atom. The molecule has 4 rings (SSSR count). The Kier molecular flexibility index (Phi) is 5.12. The minimum atomic E-state index is -0.402. The fourth-order valence-electron chi connectivity index (χ4n) is 3.38. The van der Waals surface area contributed by atoms with Crippen LogP contribution in [-0.2, 0) is 9.53 Å². The number of amides is 1. The van der Waals surface area contributed by atoms with Crippen molar-refractivity contribution < 1.29 is 14.3 Å². The Bertz CT molecular complexity index is 955. The lowest BCUT2D eigenvalue weighted by Gasteiger charge is -2.24. The summed E-state index contributed by atoms with van der Waals surface area (Å²) in [7, 11) is 0. The van der Waals surface area contributed by atoms with Crippen LogP contribution in [0.25, 0.3) is 10.8 Å². The van der Waals surface area contributed by atoms with Crippen LogP contribution in [0.3, 0.4) is 0 Å². The molecule has 3 aromatic carbocycles. The molecule has 1 aliphatic heterocycles. The molecule has 0 bridgehead atoms. The van der Waals surface area contributed by atoms with E-state index in [-0.39, 0.29) is 11.5 Å². The Morgan fingerprint density at radius 1 is 1.04 bits per heavy atom. The van der Waals surface area contributed by atoms with E-state index < -0.39 is 5.92 Å². The van der Waals surface area contributed by atoms with E-state index in [9.17, 15) is 9.59 Å². The number of benzene rings is 3. The molecule has 3 aromatic rings. The van der Waals surface area contributed by atoms with Crippen molar-refractivity contribution in [2.45, 2.75) is 16.2 Å². The van der Waals surface area contributed by atoms with Crippen LogP contribution in [0.1, 0.15) is 11.5 Å². The largest absolute Gasteiger partial charge is 0.446 e. The highest BCUT2D eigenvalue weighted by atomic mass is 32.2. The zero-order valence-corrected chi connectivity index (χ0v) is 15.5. The fraction of sp³-hybridized carbons (Fsp3) is 0.182. The van der Waals surface area contributed by atoms with Gasteiger partial charge < -0.3 is 9.53 Å². The molecule has 0 N–H and O–H groups in total. The van der Waals surface area contributed by atoms with Crippen molar-refractivity contribution in [3.63, 3.8) is 0 Å². The fourth-order valence-corrected chi connectivity index (χ4v) is 4.44. The van der Waals surface area contributed by atoms with E-state index in [1.165, 1.54) is 0 Å². The number of aldehydes is 1. The lowest BCUT2D eigenvalue weighted by molar-refractivity contribution is -0.109. The molecule has 0 aliphatic carbocycles. The summed E-state index contributed by atoms with van der Waals surface area (Å²) >= 11 is 1.58. The van der Waals surface area contributed by atoms with Gasteiger partial charge in [-0.15, -0.1) is 0 Å². The van der Waals surface area contributed by atoms with Gasteiger partial charge >= 0.3 is 6.09 Å². The zero-order valence-electron chi connectivity index (χ0n) is 14.7. The Labute approximate surface area is 162 Å². The third-order valence-electron chi connectivity index (χ3n) is 4.73. The lowest BCUT2D eigenvalue weighted by Crippen LogP contribution is -2.35. The van der Waals surface area contributed by atoms with Crippen LogP contribution in [0, 0.1) is 0 Å². The van der Waals surface area contributed by atoms with Crippen molar-refractivity contribution in [2.24, 2.45) is 0 Å². The summed E-state index contributed by atoms with van der Waals surface area (Å²) in [5.74, 6) is -0.402. The predicted molar refractivity (Wildman–Crippen MR) is 107 cm³/mol. The maximum atomic E-state index is 12.3. The minimum absolute atomic E-state index is 0.141. The van der Waals surface area contributed by atoms with E-state index in [4.69, 9.17) is 4.74 Å². The molecule has 136 valence electrons. The van der Waals surface area contributed by atoms with Crippen LogP contribution in [-0.4, -0.2) is 35.8 Å². The van der Waals surface area contributed by atoms with Crippen molar-refractivity contribution in [2.75, 3.05) is 13.2 Å². The van der Waals surface area contributed by atoms with Gasteiger partial charge in [-0.25, -0.2) is 4.79 Å². The van der Waals surface area contributed by atoms with Gasteiger partial charge in [-0.1, -0.05) is 72.4 Å². The SMILES string of the molecule is O=CC(CN1C(=O)OCC1Sc1ccccc1)c1cccc2ccccc12. The van der Waals surface area contributed by atoms with Crippen molar-refractivity contribution in [3.05, 3.63) is 78.4 Å². The standard InChI is InChI=1S/C22H19NO3S/c24-14-17(20-12-6-8-16-7-4-5-11-19(16)20)13-23-21(15-26-22(23)25)27-18-9-2-1-3-10-18/h1-12,14,17,21H,13,15H2. The van der Waals surface area contributed by atoms with E-state index in [1.807, 2.05) is 72.8 Å². The third kappa shape index (κ3) is 3.69. The summed E-state index contributed by atoms with van der Waals surface area (Å²) in [6, 6.07) is 23.8. The first-order valence-corrected chi connectivity index (χ1v) is 9.72. The van der Waals surface area contributed by atoms with Gasteiger partial charge in [0.1, 0.15) is 18.3 Å². The van der Waals surface area contributed by atoms with Crippen molar-refractivity contribution in [3.8, 4) is 0 Å². The second kappa shape index (κ2) is 7.84. The second-order valence-corrected chi connectivity index (χ2v) is 7.68. The van der Waals surface area contributed by atoms with Gasteiger partial charge in [-0.2, -0.15) is 0 Å². The van der Waals surface area contributed by atoms with Crippen molar-refractivity contribution >= 4 is 34.9 Å². The molecule has 1 amide bonds. The summed E-state index contributed by atoms with van der Waals surface area (Å²) in [6.07, 6.45) is 0.563. The van der Waals surface area contributed by atoms with Gasteiger partial charge in [-0.3, -0.25) is 4.90 Å². The van der Waals surface area contributed by atoms with Crippen LogP contribution < -0.4 is 0 Å². The number of nitrogens with zero attached hydrogens (tertiary/aromatic N) is 1. The number of ether oxygens (including phenoxy) is 1. The molecule has 1 fully saturated rings. The van der Waals surface area contributed by atoms with Crippen molar-refractivity contribution in [1.82, 2.24) is 4.90 Å². The summed E-state index contributed by atoms with van der Waals surface area (Å²) < 4.78 is 5.27. The molecule has 4 nitrogen and oxygen atoms in total. The third-order valence-corrected chi connectivity index (χ3v) is 5.93. The Morgan fingerprint density at radius 2 is 1.78 bits per heavy atom. The van der Waals surface area contributed by atoms with Gasteiger partial charge in [0.15, 0.2) is 0 Å². The van der Waals surface area contributed by atoms with Gasteiger partial charge in [0.05, 0.1) is 5.92 Å². The maximum absolute atomic E-state index is 12.3. The van der Waals surface area contributed by atoms with Crippen molar-refractivity contribution in [1.29, 1.82) is 0 Å². The number of hydrogen-bond donors (Lipinski definition) is 0. The minimum Gasteiger partial charge on any atom is -0.446 e. The number of carbonyl (C=O) groups excluding carboxylic acids is 2. The molecule has 27 heavy (non-hydrogen) atoms. The first-order chi connectivity index (χ1) is 13.3. The Hall–Kier alpha value is -2.79. The van der Waals surface area contributed by atoms with Crippen LogP contribution in [0.2, 0.25) is 0 Å². The molecule has 1 heterocycles. The first-order valence-electron chi connectivity index (χ1n) is 8.84. The summed E-state index contributed by atoms with van der Waals surface area (Å²) in [5.41, 5.74) is 0.936. The number of thioether (sulfide) groups is 1. The van der Waals surface area contributed by atoms with Crippen LogP contribution in [0.5, 0.6) is 0 Å². The zero-order chi connectivity index (χ0) is 18.6. The molecule has 0 radical (unpaired) electrons. The number of hydrogen-bond acceptors (Lipinski definition) is 4. The quantitative estimate of drug-likeness (QED) is 0.585. The lowest BCUT2D eigenvalue weighted by atomic mass is 9.94. The smallest absolute Gasteiger partial charge is 0.410 e. The molecule has 1 saturated heterocycles. The average molecular weight is 377 g/mol. The number of cyclic esters (lactones) is 1. The molecular formula is C22H19NO3S. The van der Waals surface area contributed by atoms with Gasteiger partial charge in [0, 0.05) is 11.4 Å². The molecule has 0 aromatic heterocycles. The molecule has 0 saturated carbocycles. The Balaban J connectivity index is 1.59. The van der Waals surface area contributed by atoms with E-state index in [0.29, 0.717) is 13.2 Å². The maximum Gasteiger partial charge on any atom is 0.410 e. The molecule has 5 heteroatoms. The highest BCUT2D eigenvalue weighted by Gasteiger charge is 2.35. The van der Waals surface area contributed by atoms with Gasteiger partial charge in [-0.05, 0) is 28.5 Å². The van der Waals surface area contributed by atoms with E-state index in [2.05, 4.69) is 0 Å². The van der Waals surface area contributed by atoms with Crippen LogP contribution in [0.4, 0.5) is 4.79 Å². The highest BCUT2D eigenvalue weighted by Crippen LogP contribution is 2.33. The van der Waals surface area contributed by atoms with E-state index >= 15 is 0 Å². The molecule has 2 atom stereocenters. The summed E-state index contributed by atoms with van der Waals surface area (Å²) in [6.45, 7) is 0.625. The van der Waals surface area contributed by atoms with Crippen LogP contribution >= 0.6 is 11.8 Å². The average Bonchev–Trinajstić information content (AvgIpc) is 3.05. The van der Waals surface area contributed by atoms with E-state index in [0.717, 1.165) is 27.5 Å². The molecule has 0 spiro atoms. The number of fused-ring (bicyclic) bond motifs is 1. The molecule has 1 aliphatic rings. The summed E-state index contributed by atoms with van der Waals surface area (Å²) in [4.78, 5) is 27.0. The first kappa shape index (κ1) is 17.6. The monoisotopic (exact) mass is 377 g/mol. The number of rotatable bonds is 6.